The summed E-state index contributed by atoms with van der Waals surface area (Å²) in [6.45, 7) is 7.85. The van der Waals surface area contributed by atoms with Crippen LogP contribution in [0.4, 0.5) is 0 Å². The summed E-state index contributed by atoms with van der Waals surface area (Å²) in [5, 5.41) is 2.90. The first-order chi connectivity index (χ1) is 7.61. The highest BCUT2D eigenvalue weighted by Crippen LogP contribution is 2.07. The summed E-state index contributed by atoms with van der Waals surface area (Å²) < 4.78 is 0. The highest BCUT2D eigenvalue weighted by Gasteiger charge is 2.17. The van der Waals surface area contributed by atoms with Crippen molar-refractivity contribution >= 4 is 17.7 Å². The smallest absolute Gasteiger partial charge is 0.237 e. The van der Waals surface area contributed by atoms with Gasteiger partial charge < -0.3 is 11.1 Å². The molecule has 5 heteroatoms. The van der Waals surface area contributed by atoms with Gasteiger partial charge in [0.05, 0.1) is 6.04 Å². The van der Waals surface area contributed by atoms with E-state index in [9.17, 15) is 4.79 Å². The molecule has 1 heterocycles. The van der Waals surface area contributed by atoms with Crippen LogP contribution in [0.25, 0.3) is 0 Å². The fourth-order valence-corrected chi connectivity index (χ4v) is 2.56. The van der Waals surface area contributed by atoms with Crippen molar-refractivity contribution < 1.29 is 4.79 Å². The predicted octanol–water partition coefficient (Wildman–Crippen LogP) is 0.135. The summed E-state index contributed by atoms with van der Waals surface area (Å²) in [4.78, 5) is 14.0. The van der Waals surface area contributed by atoms with Crippen molar-refractivity contribution in [3.05, 3.63) is 0 Å². The van der Waals surface area contributed by atoms with Crippen molar-refractivity contribution in [1.29, 1.82) is 0 Å². The van der Waals surface area contributed by atoms with Gasteiger partial charge in [0.1, 0.15) is 0 Å². The van der Waals surface area contributed by atoms with Gasteiger partial charge in [-0.25, -0.2) is 0 Å². The standard InChI is InChI=1S/C11H23N3OS/c1-9(2)10(12)11(15)13-3-4-14-5-7-16-8-6-14/h9-10H,3-8,12H2,1-2H3,(H,13,15)/t10-/m0/s1. The Kier molecular flexibility index (Phi) is 6.16. The molecule has 0 aliphatic carbocycles. The molecule has 94 valence electrons. The summed E-state index contributed by atoms with van der Waals surface area (Å²) in [5.41, 5.74) is 5.75. The lowest BCUT2D eigenvalue weighted by atomic mass is 10.1. The Morgan fingerprint density at radius 2 is 2.06 bits per heavy atom. The minimum Gasteiger partial charge on any atom is -0.353 e. The molecule has 1 saturated heterocycles. The molecule has 1 aliphatic heterocycles. The lowest BCUT2D eigenvalue weighted by molar-refractivity contribution is -0.123. The Balaban J connectivity index is 2.12. The third-order valence-electron chi connectivity index (χ3n) is 2.85. The fourth-order valence-electron chi connectivity index (χ4n) is 1.58. The number of hydrogen-bond donors (Lipinski definition) is 2. The number of thioether (sulfide) groups is 1. The van der Waals surface area contributed by atoms with Gasteiger partial charge in [-0.05, 0) is 5.92 Å². The Hall–Kier alpha value is -0.260. The molecule has 0 spiro atoms. The molecule has 1 atom stereocenters. The number of hydrogen-bond acceptors (Lipinski definition) is 4. The van der Waals surface area contributed by atoms with Gasteiger partial charge in [-0.2, -0.15) is 11.8 Å². The van der Waals surface area contributed by atoms with E-state index >= 15 is 0 Å². The molecule has 0 bridgehead atoms. The lowest BCUT2D eigenvalue weighted by Gasteiger charge is -2.26. The number of amides is 1. The van der Waals surface area contributed by atoms with Crippen molar-refractivity contribution in [2.24, 2.45) is 11.7 Å². The van der Waals surface area contributed by atoms with Gasteiger partial charge in [-0.3, -0.25) is 9.69 Å². The van der Waals surface area contributed by atoms with E-state index in [-0.39, 0.29) is 17.9 Å². The zero-order valence-electron chi connectivity index (χ0n) is 10.2. The van der Waals surface area contributed by atoms with Crippen molar-refractivity contribution in [2.75, 3.05) is 37.7 Å². The van der Waals surface area contributed by atoms with E-state index < -0.39 is 0 Å². The summed E-state index contributed by atoms with van der Waals surface area (Å²) in [5.74, 6) is 2.59. The monoisotopic (exact) mass is 245 g/mol. The van der Waals surface area contributed by atoms with Gasteiger partial charge in [0.2, 0.25) is 5.91 Å². The average Bonchev–Trinajstić information content (AvgIpc) is 2.29. The second kappa shape index (κ2) is 7.14. The second-order valence-electron chi connectivity index (χ2n) is 4.51. The fraction of sp³-hybridized carbons (Fsp3) is 0.909. The number of nitrogens with one attached hydrogen (secondary N) is 1. The van der Waals surface area contributed by atoms with Crippen LogP contribution in [-0.2, 0) is 4.79 Å². The van der Waals surface area contributed by atoms with Crippen LogP contribution < -0.4 is 11.1 Å². The maximum Gasteiger partial charge on any atom is 0.237 e. The first kappa shape index (κ1) is 13.8. The second-order valence-corrected chi connectivity index (χ2v) is 5.74. The number of nitrogens with zero attached hydrogens (tertiary/aromatic N) is 1. The molecule has 0 aromatic heterocycles. The van der Waals surface area contributed by atoms with Crippen LogP contribution in [0.15, 0.2) is 0 Å². The molecule has 1 fully saturated rings. The third kappa shape index (κ3) is 4.72. The maximum absolute atomic E-state index is 11.6. The van der Waals surface area contributed by atoms with Crippen LogP contribution >= 0.6 is 11.8 Å². The molecule has 0 saturated carbocycles. The van der Waals surface area contributed by atoms with Crippen LogP contribution in [-0.4, -0.2) is 54.5 Å². The number of nitrogens with two attached hydrogens (primary N) is 1. The molecular weight excluding hydrogens is 222 g/mol. The molecule has 0 aromatic carbocycles. The van der Waals surface area contributed by atoms with Crippen molar-refractivity contribution in [2.45, 2.75) is 19.9 Å². The largest absolute Gasteiger partial charge is 0.353 e. The Bertz CT molecular complexity index is 217. The van der Waals surface area contributed by atoms with Crippen LogP contribution in [0.5, 0.6) is 0 Å². The van der Waals surface area contributed by atoms with Gasteiger partial charge in [-0.15, -0.1) is 0 Å². The molecule has 4 nitrogen and oxygen atoms in total. The van der Waals surface area contributed by atoms with Gasteiger partial charge in [0.25, 0.3) is 0 Å². The molecule has 16 heavy (non-hydrogen) atoms. The van der Waals surface area contributed by atoms with Crippen molar-refractivity contribution in [1.82, 2.24) is 10.2 Å². The van der Waals surface area contributed by atoms with Crippen molar-refractivity contribution in [3.8, 4) is 0 Å². The van der Waals surface area contributed by atoms with Crippen LogP contribution in [0, 0.1) is 5.92 Å². The minimum atomic E-state index is -0.378. The summed E-state index contributed by atoms with van der Waals surface area (Å²) >= 11 is 2.00. The van der Waals surface area contributed by atoms with E-state index in [0.717, 1.165) is 19.6 Å². The summed E-state index contributed by atoms with van der Waals surface area (Å²) in [7, 11) is 0. The Labute approximate surface area is 102 Å². The van der Waals surface area contributed by atoms with Crippen LogP contribution in [0.3, 0.4) is 0 Å². The van der Waals surface area contributed by atoms with Gasteiger partial charge in [0, 0.05) is 37.7 Å². The number of rotatable bonds is 5. The first-order valence-corrected chi connectivity index (χ1v) is 7.10. The molecule has 1 rings (SSSR count). The zero-order valence-corrected chi connectivity index (χ0v) is 11.1. The molecule has 0 aromatic rings. The number of carbonyl (C=O) groups is 1. The van der Waals surface area contributed by atoms with E-state index in [1.807, 2.05) is 25.6 Å². The van der Waals surface area contributed by atoms with E-state index in [0.29, 0.717) is 6.54 Å². The van der Waals surface area contributed by atoms with E-state index in [1.54, 1.807) is 0 Å². The van der Waals surface area contributed by atoms with Crippen LogP contribution in [0.1, 0.15) is 13.8 Å². The highest BCUT2D eigenvalue weighted by molar-refractivity contribution is 7.99. The topological polar surface area (TPSA) is 58.4 Å². The molecular formula is C11H23N3OS. The predicted molar refractivity (Wildman–Crippen MR) is 69.6 cm³/mol. The average molecular weight is 245 g/mol. The molecule has 0 radical (unpaired) electrons. The summed E-state index contributed by atoms with van der Waals surface area (Å²) in [6, 6.07) is -0.378. The third-order valence-corrected chi connectivity index (χ3v) is 3.79. The van der Waals surface area contributed by atoms with E-state index in [1.165, 1.54) is 11.5 Å². The van der Waals surface area contributed by atoms with Crippen molar-refractivity contribution in [3.63, 3.8) is 0 Å². The van der Waals surface area contributed by atoms with Gasteiger partial charge in [-0.1, -0.05) is 13.8 Å². The molecule has 3 N–H and O–H groups in total. The SMILES string of the molecule is CC(C)[C@H](N)C(=O)NCCN1CCSCC1. The first-order valence-electron chi connectivity index (χ1n) is 5.94. The molecule has 0 unspecified atom stereocenters. The highest BCUT2D eigenvalue weighted by atomic mass is 32.2. The Morgan fingerprint density at radius 1 is 1.44 bits per heavy atom. The summed E-state index contributed by atoms with van der Waals surface area (Å²) in [6.07, 6.45) is 0. The zero-order chi connectivity index (χ0) is 12.0. The van der Waals surface area contributed by atoms with E-state index in [4.69, 9.17) is 5.73 Å². The Morgan fingerprint density at radius 3 is 2.62 bits per heavy atom. The quantitative estimate of drug-likeness (QED) is 0.723. The lowest BCUT2D eigenvalue weighted by Crippen LogP contribution is -2.46. The number of carbonyl (C=O) groups excluding carboxylic acids is 1. The normalized spacial score (nSPS) is 19.8. The molecule has 1 amide bonds. The van der Waals surface area contributed by atoms with Crippen LogP contribution in [0.2, 0.25) is 0 Å². The van der Waals surface area contributed by atoms with E-state index in [2.05, 4.69) is 10.2 Å². The maximum atomic E-state index is 11.6. The minimum absolute atomic E-state index is 0.0265. The molecule has 1 aliphatic rings. The van der Waals surface area contributed by atoms with Gasteiger partial charge in [0.15, 0.2) is 0 Å². The van der Waals surface area contributed by atoms with Gasteiger partial charge >= 0.3 is 0 Å².